The number of hydrogen-bond donors (Lipinski definition) is 2. The van der Waals surface area contributed by atoms with Crippen LogP contribution in [0.2, 0.25) is 5.02 Å². The zero-order chi connectivity index (χ0) is 22.8. The van der Waals surface area contributed by atoms with Crippen LogP contribution in [0.1, 0.15) is 72.9 Å². The lowest BCUT2D eigenvalue weighted by molar-refractivity contribution is 0.0894. The second-order valence-electron chi connectivity index (χ2n) is 8.40. The average Bonchev–Trinajstić information content (AvgIpc) is 2.81. The minimum atomic E-state index is -0.0252. The largest absolute Gasteiger partial charge is 0.490 e. The molecular formula is C26H31ClN2O3. The van der Waals surface area contributed by atoms with Crippen LogP contribution in [-0.4, -0.2) is 29.8 Å². The number of unbranched alkanes of at least 4 members (excludes halogenated alkanes) is 3. The summed E-state index contributed by atoms with van der Waals surface area (Å²) in [5.41, 5.74) is 2.38. The Bertz CT molecular complexity index is 916. The van der Waals surface area contributed by atoms with Gasteiger partial charge >= 0.3 is 0 Å². The van der Waals surface area contributed by atoms with Crippen molar-refractivity contribution >= 4 is 17.5 Å². The number of benzene rings is 2. The van der Waals surface area contributed by atoms with Crippen LogP contribution >= 0.6 is 11.6 Å². The van der Waals surface area contributed by atoms with Gasteiger partial charge in [0.2, 0.25) is 0 Å². The maximum absolute atomic E-state index is 12.6. The van der Waals surface area contributed by atoms with Crippen LogP contribution < -0.4 is 10.1 Å². The van der Waals surface area contributed by atoms with Gasteiger partial charge in [-0.2, -0.15) is 5.26 Å². The molecule has 6 heteroatoms. The molecule has 0 atom stereocenters. The molecule has 1 amide bonds. The number of aliphatic hydroxyl groups is 1. The summed E-state index contributed by atoms with van der Waals surface area (Å²) in [7, 11) is 0. The van der Waals surface area contributed by atoms with E-state index in [2.05, 4.69) is 5.32 Å². The summed E-state index contributed by atoms with van der Waals surface area (Å²) >= 11 is 6.08. The first-order valence-corrected chi connectivity index (χ1v) is 11.8. The number of amides is 1. The smallest absolute Gasteiger partial charge is 0.251 e. The monoisotopic (exact) mass is 454 g/mol. The Hall–Kier alpha value is -2.55. The minimum Gasteiger partial charge on any atom is -0.490 e. The minimum absolute atomic E-state index is 0.0252. The molecule has 1 aliphatic rings. The number of ether oxygens (including phenoxy) is 1. The van der Waals surface area contributed by atoms with Crippen LogP contribution in [0.25, 0.3) is 0 Å². The summed E-state index contributed by atoms with van der Waals surface area (Å²) in [6.07, 6.45) is 8.70. The van der Waals surface area contributed by atoms with Gasteiger partial charge in [-0.3, -0.25) is 4.79 Å². The maximum atomic E-state index is 12.6. The van der Waals surface area contributed by atoms with Crippen LogP contribution in [0.5, 0.6) is 5.75 Å². The Morgan fingerprint density at radius 2 is 1.78 bits per heavy atom. The molecule has 0 spiro atoms. The Labute approximate surface area is 195 Å². The summed E-state index contributed by atoms with van der Waals surface area (Å²) < 4.78 is 6.02. The molecule has 32 heavy (non-hydrogen) atoms. The van der Waals surface area contributed by atoms with E-state index in [9.17, 15) is 4.79 Å². The SMILES string of the molecule is N#Cc1ccc(O[C@H]2CC[C@H](NC(=O)c3ccc(CCCCCCO)cc3)CC2)cc1Cl. The quantitative estimate of drug-likeness (QED) is 0.469. The lowest BCUT2D eigenvalue weighted by Gasteiger charge is -2.29. The molecule has 0 saturated heterocycles. The zero-order valence-electron chi connectivity index (χ0n) is 18.4. The van der Waals surface area contributed by atoms with Gasteiger partial charge in [0.05, 0.1) is 16.7 Å². The molecule has 3 rings (SSSR count). The van der Waals surface area contributed by atoms with E-state index in [1.165, 1.54) is 5.56 Å². The first-order chi connectivity index (χ1) is 15.6. The van der Waals surface area contributed by atoms with E-state index in [-0.39, 0.29) is 24.7 Å². The molecule has 0 unspecified atom stereocenters. The normalized spacial score (nSPS) is 18.0. The molecule has 5 nitrogen and oxygen atoms in total. The fourth-order valence-corrected chi connectivity index (χ4v) is 4.28. The Balaban J connectivity index is 1.40. The van der Waals surface area contributed by atoms with E-state index < -0.39 is 0 Å². The number of halogens is 1. The van der Waals surface area contributed by atoms with E-state index in [0.29, 0.717) is 21.9 Å². The topological polar surface area (TPSA) is 82.3 Å². The van der Waals surface area contributed by atoms with Gasteiger partial charge in [-0.15, -0.1) is 0 Å². The van der Waals surface area contributed by atoms with Gasteiger partial charge in [0.15, 0.2) is 0 Å². The molecule has 2 N–H and O–H groups in total. The number of nitrogens with one attached hydrogen (secondary N) is 1. The van der Waals surface area contributed by atoms with Crippen molar-refractivity contribution in [1.82, 2.24) is 5.32 Å². The number of aliphatic hydroxyl groups excluding tert-OH is 1. The average molecular weight is 455 g/mol. The summed E-state index contributed by atoms with van der Waals surface area (Å²) in [6, 6.07) is 15.2. The maximum Gasteiger partial charge on any atom is 0.251 e. The highest BCUT2D eigenvalue weighted by Crippen LogP contribution is 2.27. The van der Waals surface area contributed by atoms with Gasteiger partial charge in [0, 0.05) is 24.3 Å². The third-order valence-corrected chi connectivity index (χ3v) is 6.28. The Morgan fingerprint density at radius 1 is 1.06 bits per heavy atom. The van der Waals surface area contributed by atoms with Crippen LogP contribution in [-0.2, 0) is 6.42 Å². The van der Waals surface area contributed by atoms with Crippen LogP contribution in [0.3, 0.4) is 0 Å². The molecule has 0 bridgehead atoms. The molecular weight excluding hydrogens is 424 g/mol. The summed E-state index contributed by atoms with van der Waals surface area (Å²) in [6.45, 7) is 0.268. The number of aryl methyl sites for hydroxylation is 1. The van der Waals surface area contributed by atoms with Crippen molar-refractivity contribution < 1.29 is 14.6 Å². The highest BCUT2D eigenvalue weighted by atomic mass is 35.5. The van der Waals surface area contributed by atoms with Crippen molar-refractivity contribution in [1.29, 1.82) is 5.26 Å². The van der Waals surface area contributed by atoms with Crippen molar-refractivity contribution in [2.45, 2.75) is 69.9 Å². The van der Waals surface area contributed by atoms with E-state index in [0.717, 1.165) is 57.8 Å². The predicted molar refractivity (Wildman–Crippen MR) is 126 cm³/mol. The van der Waals surface area contributed by atoms with E-state index >= 15 is 0 Å². The molecule has 0 radical (unpaired) electrons. The van der Waals surface area contributed by atoms with Crippen molar-refractivity contribution in [2.24, 2.45) is 0 Å². The predicted octanol–water partition coefficient (Wildman–Crippen LogP) is 5.43. The lowest BCUT2D eigenvalue weighted by Crippen LogP contribution is -2.39. The van der Waals surface area contributed by atoms with Gasteiger partial charge < -0.3 is 15.2 Å². The molecule has 0 aromatic heterocycles. The lowest BCUT2D eigenvalue weighted by atomic mass is 9.92. The Kier molecular flexibility index (Phi) is 9.40. The molecule has 170 valence electrons. The zero-order valence-corrected chi connectivity index (χ0v) is 19.1. The molecule has 1 aliphatic carbocycles. The molecule has 2 aromatic carbocycles. The Morgan fingerprint density at radius 3 is 2.44 bits per heavy atom. The molecule has 1 fully saturated rings. The van der Waals surface area contributed by atoms with Crippen LogP contribution in [0, 0.1) is 11.3 Å². The van der Waals surface area contributed by atoms with Gasteiger partial charge in [-0.05, 0) is 74.8 Å². The number of rotatable bonds is 10. The summed E-state index contributed by atoms with van der Waals surface area (Å²) in [4.78, 5) is 12.6. The van der Waals surface area contributed by atoms with Gasteiger partial charge in [0.1, 0.15) is 11.8 Å². The van der Waals surface area contributed by atoms with E-state index in [1.807, 2.05) is 30.3 Å². The number of carbonyl (C=O) groups is 1. The number of nitrogens with zero attached hydrogens (tertiary/aromatic N) is 1. The van der Waals surface area contributed by atoms with Gasteiger partial charge in [0.25, 0.3) is 5.91 Å². The highest BCUT2D eigenvalue weighted by Gasteiger charge is 2.24. The first-order valence-electron chi connectivity index (χ1n) is 11.5. The van der Waals surface area contributed by atoms with E-state index in [1.54, 1.807) is 18.2 Å². The second kappa shape index (κ2) is 12.5. The number of nitriles is 1. The first kappa shape index (κ1) is 24.1. The van der Waals surface area contributed by atoms with Crippen molar-refractivity contribution in [2.75, 3.05) is 6.61 Å². The van der Waals surface area contributed by atoms with Gasteiger partial charge in [-0.1, -0.05) is 36.6 Å². The molecule has 0 aliphatic heterocycles. The van der Waals surface area contributed by atoms with Crippen molar-refractivity contribution in [3.8, 4) is 11.8 Å². The van der Waals surface area contributed by atoms with E-state index in [4.69, 9.17) is 26.7 Å². The standard InChI is InChI=1S/C26H31ClN2O3/c27-25-17-24(13-10-21(25)18-28)32-23-14-11-22(12-15-23)29-26(31)20-8-6-19(7-9-20)5-3-1-2-4-16-30/h6-10,13,17,22-23,30H,1-5,11-12,14-16H2,(H,29,31)/t22-,23-. The highest BCUT2D eigenvalue weighted by molar-refractivity contribution is 6.31. The number of carbonyl (C=O) groups excluding carboxylic acids is 1. The van der Waals surface area contributed by atoms with Crippen molar-refractivity contribution in [3.63, 3.8) is 0 Å². The second-order valence-corrected chi connectivity index (χ2v) is 8.81. The molecule has 0 heterocycles. The van der Waals surface area contributed by atoms with Crippen molar-refractivity contribution in [3.05, 3.63) is 64.2 Å². The third-order valence-electron chi connectivity index (χ3n) is 5.96. The fraction of sp³-hybridized carbons (Fsp3) is 0.462. The van der Waals surface area contributed by atoms with Crippen LogP contribution in [0.4, 0.5) is 0 Å². The summed E-state index contributed by atoms with van der Waals surface area (Å²) in [5.74, 6) is 0.651. The third kappa shape index (κ3) is 7.25. The van der Waals surface area contributed by atoms with Gasteiger partial charge in [-0.25, -0.2) is 0 Å². The summed E-state index contributed by atoms with van der Waals surface area (Å²) in [5, 5.41) is 21.4. The fourth-order valence-electron chi connectivity index (χ4n) is 4.06. The molecule has 1 saturated carbocycles. The van der Waals surface area contributed by atoms with Crippen LogP contribution in [0.15, 0.2) is 42.5 Å². The number of hydrogen-bond acceptors (Lipinski definition) is 4. The molecule has 2 aromatic rings.